The Balaban J connectivity index is 1.45. The van der Waals surface area contributed by atoms with Gasteiger partial charge in [-0.25, -0.2) is 0 Å². The maximum absolute atomic E-state index is 13.0. The minimum atomic E-state index is -4.64. The summed E-state index contributed by atoms with van der Waals surface area (Å²) in [6.45, 7) is 3.75. The Morgan fingerprint density at radius 2 is 1.94 bits per heavy atom. The van der Waals surface area contributed by atoms with E-state index in [2.05, 4.69) is 20.0 Å². The lowest BCUT2D eigenvalue weighted by molar-refractivity contribution is -0.384. The van der Waals surface area contributed by atoms with Gasteiger partial charge < -0.3 is 9.42 Å². The number of nitro benzene ring substituents is 1. The van der Waals surface area contributed by atoms with E-state index in [1.807, 2.05) is 13.0 Å². The Bertz CT molecular complexity index is 1100. The van der Waals surface area contributed by atoms with Crippen molar-refractivity contribution < 1.29 is 22.6 Å². The van der Waals surface area contributed by atoms with Crippen LogP contribution in [0.4, 0.5) is 24.5 Å². The third-order valence-electron chi connectivity index (χ3n) is 5.42. The van der Waals surface area contributed by atoms with Crippen LogP contribution < -0.4 is 4.90 Å². The number of piperazine rings is 1. The van der Waals surface area contributed by atoms with Crippen molar-refractivity contribution in [3.05, 3.63) is 64.3 Å². The molecule has 1 atom stereocenters. The van der Waals surface area contributed by atoms with Gasteiger partial charge in [0.15, 0.2) is 0 Å². The van der Waals surface area contributed by atoms with E-state index in [1.165, 1.54) is 0 Å². The smallest absolute Gasteiger partial charge is 0.363 e. The van der Waals surface area contributed by atoms with Crippen LogP contribution in [0, 0.1) is 10.1 Å². The molecule has 168 valence electrons. The number of halogens is 3. The highest BCUT2D eigenvalue weighted by Gasteiger charge is 2.34. The Kier molecular flexibility index (Phi) is 5.78. The van der Waals surface area contributed by atoms with Crippen LogP contribution in [0.25, 0.3) is 11.4 Å². The first-order valence-corrected chi connectivity index (χ1v) is 9.82. The van der Waals surface area contributed by atoms with Crippen LogP contribution in [0.15, 0.2) is 47.2 Å². The zero-order chi connectivity index (χ0) is 22.9. The third kappa shape index (κ3) is 4.40. The van der Waals surface area contributed by atoms with Crippen LogP contribution in [0.3, 0.4) is 0 Å². The normalized spacial score (nSPS) is 16.2. The fourth-order valence-electron chi connectivity index (χ4n) is 3.64. The Morgan fingerprint density at radius 3 is 2.56 bits per heavy atom. The zero-order valence-electron chi connectivity index (χ0n) is 17.0. The van der Waals surface area contributed by atoms with Crippen molar-refractivity contribution in [1.82, 2.24) is 20.0 Å². The van der Waals surface area contributed by atoms with Crippen molar-refractivity contribution >= 4 is 11.4 Å². The predicted molar refractivity (Wildman–Crippen MR) is 108 cm³/mol. The van der Waals surface area contributed by atoms with Gasteiger partial charge in [-0.05, 0) is 31.2 Å². The van der Waals surface area contributed by atoms with E-state index < -0.39 is 22.4 Å². The molecule has 32 heavy (non-hydrogen) atoms. The highest BCUT2D eigenvalue weighted by Crippen LogP contribution is 2.37. The van der Waals surface area contributed by atoms with Gasteiger partial charge in [0, 0.05) is 50.2 Å². The molecule has 0 N–H and O–H groups in total. The number of pyridine rings is 1. The van der Waals surface area contributed by atoms with Gasteiger partial charge in [-0.15, -0.1) is 0 Å². The summed E-state index contributed by atoms with van der Waals surface area (Å²) in [5, 5.41) is 15.4. The van der Waals surface area contributed by atoms with Crippen LogP contribution in [-0.4, -0.2) is 51.1 Å². The molecule has 9 nitrogen and oxygen atoms in total. The van der Waals surface area contributed by atoms with Crippen LogP contribution in [0.1, 0.15) is 24.4 Å². The predicted octanol–water partition coefficient (Wildman–Crippen LogP) is 3.94. The maximum atomic E-state index is 13.0. The molecule has 1 unspecified atom stereocenters. The van der Waals surface area contributed by atoms with E-state index in [0.29, 0.717) is 44.0 Å². The van der Waals surface area contributed by atoms with Gasteiger partial charge in [-0.1, -0.05) is 5.16 Å². The monoisotopic (exact) mass is 448 g/mol. The second-order valence-electron chi connectivity index (χ2n) is 7.36. The highest BCUT2D eigenvalue weighted by atomic mass is 19.4. The van der Waals surface area contributed by atoms with E-state index in [-0.39, 0.29) is 11.7 Å². The molecule has 1 aliphatic rings. The molecule has 1 fully saturated rings. The molecular weight excluding hydrogens is 429 g/mol. The molecule has 3 aromatic rings. The number of aromatic nitrogens is 3. The number of nitro groups is 1. The summed E-state index contributed by atoms with van der Waals surface area (Å²) in [5.74, 6) is 0.858. The van der Waals surface area contributed by atoms with Gasteiger partial charge >= 0.3 is 6.18 Å². The number of hydrogen-bond donors (Lipinski definition) is 0. The largest absolute Gasteiger partial charge is 0.416 e. The van der Waals surface area contributed by atoms with E-state index >= 15 is 0 Å². The lowest BCUT2D eigenvalue weighted by Crippen LogP contribution is -2.47. The molecule has 3 heterocycles. The molecule has 2 aromatic heterocycles. The topological polar surface area (TPSA) is 101 Å². The van der Waals surface area contributed by atoms with Crippen LogP contribution in [-0.2, 0) is 6.18 Å². The molecule has 0 spiro atoms. The minimum Gasteiger partial charge on any atom is -0.363 e. The number of alkyl halides is 3. The molecule has 0 amide bonds. The molecule has 0 radical (unpaired) electrons. The number of nitrogens with zero attached hydrogens (tertiary/aromatic N) is 6. The van der Waals surface area contributed by atoms with Gasteiger partial charge in [0.1, 0.15) is 5.69 Å². The fourth-order valence-corrected chi connectivity index (χ4v) is 3.64. The summed E-state index contributed by atoms with van der Waals surface area (Å²) >= 11 is 0. The number of anilines is 1. The summed E-state index contributed by atoms with van der Waals surface area (Å²) in [7, 11) is 0. The molecule has 12 heteroatoms. The third-order valence-corrected chi connectivity index (χ3v) is 5.42. The second kappa shape index (κ2) is 8.54. The van der Waals surface area contributed by atoms with Crippen LogP contribution in [0.5, 0.6) is 0 Å². The SMILES string of the molecule is CC(c1nc(-c2cccnc2)no1)N1CCN(c2ccc(C(F)(F)F)cc2[N+](=O)[O-])CC1. The zero-order valence-corrected chi connectivity index (χ0v) is 17.0. The van der Waals surface area contributed by atoms with Crippen LogP contribution >= 0.6 is 0 Å². The first-order valence-electron chi connectivity index (χ1n) is 9.82. The van der Waals surface area contributed by atoms with Crippen LogP contribution in [0.2, 0.25) is 0 Å². The second-order valence-corrected chi connectivity index (χ2v) is 7.36. The molecule has 0 saturated carbocycles. The first-order chi connectivity index (χ1) is 15.2. The van der Waals surface area contributed by atoms with E-state index in [9.17, 15) is 23.3 Å². The summed E-state index contributed by atoms with van der Waals surface area (Å²) in [5.41, 5.74) is -0.693. The first kappa shape index (κ1) is 21.7. The molecular formula is C20H19F3N6O3. The molecule has 1 aromatic carbocycles. The standard InChI is InChI=1S/C20H19F3N6O3/c1-13(19-25-18(26-32-19)14-3-2-6-24-12-14)27-7-9-28(10-8-27)16-5-4-15(20(21,22)23)11-17(16)29(30)31/h2-6,11-13H,7-10H2,1H3. The van der Waals surface area contributed by atoms with Crippen molar-refractivity contribution in [2.45, 2.75) is 19.1 Å². The summed E-state index contributed by atoms with van der Waals surface area (Å²) < 4.78 is 44.3. The average molecular weight is 448 g/mol. The van der Waals surface area contributed by atoms with Gasteiger partial charge in [0.2, 0.25) is 11.7 Å². The lowest BCUT2D eigenvalue weighted by atomic mass is 10.1. The quantitative estimate of drug-likeness (QED) is 0.427. The van der Waals surface area contributed by atoms with Gasteiger partial charge in [0.25, 0.3) is 5.69 Å². The molecule has 1 saturated heterocycles. The molecule has 0 aliphatic carbocycles. The van der Waals surface area contributed by atoms with Crippen molar-refractivity contribution in [2.75, 3.05) is 31.1 Å². The van der Waals surface area contributed by atoms with Crippen molar-refractivity contribution in [1.29, 1.82) is 0 Å². The van der Waals surface area contributed by atoms with Gasteiger partial charge in [-0.3, -0.25) is 20.0 Å². The number of rotatable bonds is 5. The Labute approximate surface area is 180 Å². The van der Waals surface area contributed by atoms with Gasteiger partial charge in [-0.2, -0.15) is 18.2 Å². The van der Waals surface area contributed by atoms with E-state index in [1.54, 1.807) is 23.4 Å². The molecule has 0 bridgehead atoms. The average Bonchev–Trinajstić information content (AvgIpc) is 3.28. The summed E-state index contributed by atoms with van der Waals surface area (Å²) in [6.07, 6.45) is -1.36. The Morgan fingerprint density at radius 1 is 1.19 bits per heavy atom. The summed E-state index contributed by atoms with van der Waals surface area (Å²) in [4.78, 5) is 22.9. The molecule has 4 rings (SSSR count). The van der Waals surface area contributed by atoms with Gasteiger partial charge in [0.05, 0.1) is 16.5 Å². The highest BCUT2D eigenvalue weighted by molar-refractivity contribution is 5.65. The van der Waals surface area contributed by atoms with E-state index in [4.69, 9.17) is 4.52 Å². The van der Waals surface area contributed by atoms with Crippen molar-refractivity contribution in [2.24, 2.45) is 0 Å². The van der Waals surface area contributed by atoms with E-state index in [0.717, 1.165) is 17.7 Å². The minimum absolute atomic E-state index is 0.173. The number of hydrogen-bond acceptors (Lipinski definition) is 8. The maximum Gasteiger partial charge on any atom is 0.416 e. The fraction of sp³-hybridized carbons (Fsp3) is 0.350. The van der Waals surface area contributed by atoms with Crippen molar-refractivity contribution in [3.8, 4) is 11.4 Å². The lowest BCUT2D eigenvalue weighted by Gasteiger charge is -2.37. The number of benzene rings is 1. The summed E-state index contributed by atoms with van der Waals surface area (Å²) in [6, 6.07) is 6.02. The Hall–Kier alpha value is -3.54. The van der Waals surface area contributed by atoms with Crippen molar-refractivity contribution in [3.63, 3.8) is 0 Å². The molecule has 1 aliphatic heterocycles.